The average Bonchev–Trinajstić information content (AvgIpc) is 2.19. The Morgan fingerprint density at radius 2 is 2.23 bits per heavy atom. The van der Waals surface area contributed by atoms with Crippen LogP contribution in [0.5, 0.6) is 0 Å². The van der Waals surface area contributed by atoms with Crippen molar-refractivity contribution in [1.82, 2.24) is 5.32 Å². The van der Waals surface area contributed by atoms with Crippen molar-refractivity contribution in [2.24, 2.45) is 0 Å². The van der Waals surface area contributed by atoms with Crippen molar-refractivity contribution in [1.29, 1.82) is 5.26 Å². The minimum absolute atomic E-state index is 0.498. The molecule has 13 heavy (non-hydrogen) atoms. The summed E-state index contributed by atoms with van der Waals surface area (Å²) in [4.78, 5) is 10.9. The molecular weight excluding hydrogens is 172 g/mol. The normalized spacial score (nSPS) is 20.0. The first-order valence-electron chi connectivity index (χ1n) is 4.07. The van der Waals surface area contributed by atoms with Gasteiger partial charge in [0.25, 0.3) is 0 Å². The van der Waals surface area contributed by atoms with Gasteiger partial charge in [0.05, 0.1) is 13.2 Å². The van der Waals surface area contributed by atoms with E-state index in [0.717, 1.165) is 0 Å². The maximum absolute atomic E-state index is 10.9. The molecule has 0 aromatic carbocycles. The van der Waals surface area contributed by atoms with Crippen LogP contribution in [0.4, 0.5) is 4.79 Å². The maximum atomic E-state index is 10.9. The molecular formula is C8H12N2O3. The standard InChI is InChI=1S/C8H12N2O3/c1-12-7(11)10-8(6-9)2-4-13-5-3-8/h2-5H2,1H3,(H,10,11). The Morgan fingerprint density at radius 3 is 2.69 bits per heavy atom. The highest BCUT2D eigenvalue weighted by molar-refractivity contribution is 5.68. The van der Waals surface area contributed by atoms with E-state index in [4.69, 9.17) is 10.00 Å². The number of nitrogens with zero attached hydrogens (tertiary/aromatic N) is 1. The first kappa shape index (κ1) is 9.81. The van der Waals surface area contributed by atoms with Gasteiger partial charge in [-0.05, 0) is 0 Å². The van der Waals surface area contributed by atoms with E-state index in [0.29, 0.717) is 26.1 Å². The van der Waals surface area contributed by atoms with Crippen LogP contribution in [-0.2, 0) is 9.47 Å². The third-order valence-electron chi connectivity index (χ3n) is 2.09. The molecule has 1 amide bonds. The smallest absolute Gasteiger partial charge is 0.408 e. The second-order valence-electron chi connectivity index (χ2n) is 2.92. The molecule has 0 aromatic rings. The molecule has 1 saturated heterocycles. The molecule has 0 unspecified atom stereocenters. The molecule has 1 aliphatic rings. The van der Waals surface area contributed by atoms with E-state index in [1.165, 1.54) is 7.11 Å². The average molecular weight is 184 g/mol. The van der Waals surface area contributed by atoms with Gasteiger partial charge >= 0.3 is 6.09 Å². The number of ether oxygens (including phenoxy) is 2. The molecule has 0 aliphatic carbocycles. The lowest BCUT2D eigenvalue weighted by molar-refractivity contribution is 0.0562. The fourth-order valence-corrected chi connectivity index (χ4v) is 1.23. The van der Waals surface area contributed by atoms with Crippen molar-refractivity contribution in [3.8, 4) is 6.07 Å². The molecule has 5 nitrogen and oxygen atoms in total. The number of hydrogen-bond donors (Lipinski definition) is 1. The molecule has 0 aromatic heterocycles. The van der Waals surface area contributed by atoms with Gasteiger partial charge in [0.2, 0.25) is 0 Å². The van der Waals surface area contributed by atoms with E-state index < -0.39 is 11.6 Å². The van der Waals surface area contributed by atoms with Gasteiger partial charge in [-0.25, -0.2) is 4.79 Å². The Kier molecular flexibility index (Phi) is 3.09. The fourth-order valence-electron chi connectivity index (χ4n) is 1.23. The summed E-state index contributed by atoms with van der Waals surface area (Å²) in [5, 5.41) is 11.4. The molecule has 1 aliphatic heterocycles. The van der Waals surface area contributed by atoms with Crippen LogP contribution < -0.4 is 5.32 Å². The highest BCUT2D eigenvalue weighted by atomic mass is 16.5. The molecule has 0 spiro atoms. The largest absolute Gasteiger partial charge is 0.453 e. The van der Waals surface area contributed by atoms with E-state index >= 15 is 0 Å². The van der Waals surface area contributed by atoms with Gasteiger partial charge < -0.3 is 14.8 Å². The van der Waals surface area contributed by atoms with Crippen LogP contribution >= 0.6 is 0 Å². The summed E-state index contributed by atoms with van der Waals surface area (Å²) in [6.45, 7) is 0.995. The van der Waals surface area contributed by atoms with Crippen molar-refractivity contribution in [3.05, 3.63) is 0 Å². The SMILES string of the molecule is COC(=O)NC1(C#N)CCOCC1. The van der Waals surface area contributed by atoms with E-state index in [-0.39, 0.29) is 0 Å². The molecule has 0 saturated carbocycles. The van der Waals surface area contributed by atoms with Crippen LogP contribution in [0.15, 0.2) is 0 Å². The van der Waals surface area contributed by atoms with Crippen molar-refractivity contribution >= 4 is 6.09 Å². The lowest BCUT2D eigenvalue weighted by atomic mass is 9.92. The summed E-state index contributed by atoms with van der Waals surface area (Å²) < 4.78 is 9.54. The van der Waals surface area contributed by atoms with Gasteiger partial charge in [-0.3, -0.25) is 0 Å². The van der Waals surface area contributed by atoms with Gasteiger partial charge in [0, 0.05) is 26.1 Å². The second-order valence-corrected chi connectivity index (χ2v) is 2.92. The van der Waals surface area contributed by atoms with Crippen molar-refractivity contribution in [2.75, 3.05) is 20.3 Å². The van der Waals surface area contributed by atoms with Crippen LogP contribution in [-0.4, -0.2) is 32.0 Å². The number of methoxy groups -OCH3 is 1. The predicted octanol–water partition coefficient (Wildman–Crippen LogP) is 0.415. The number of amides is 1. The molecule has 0 radical (unpaired) electrons. The summed E-state index contributed by atoms with van der Waals surface area (Å²) in [5.74, 6) is 0. The number of rotatable bonds is 1. The van der Waals surface area contributed by atoms with Gasteiger partial charge in [-0.1, -0.05) is 0 Å². The number of carbonyl (C=O) groups excluding carboxylic acids is 1. The summed E-state index contributed by atoms with van der Waals surface area (Å²) in [6.07, 6.45) is 0.459. The lowest BCUT2D eigenvalue weighted by Crippen LogP contribution is -2.50. The number of nitriles is 1. The molecule has 1 rings (SSSR count). The summed E-state index contributed by atoms with van der Waals surface area (Å²) >= 11 is 0. The molecule has 72 valence electrons. The Morgan fingerprint density at radius 1 is 1.62 bits per heavy atom. The quantitative estimate of drug-likeness (QED) is 0.640. The number of alkyl carbamates (subject to hydrolysis) is 1. The molecule has 1 N–H and O–H groups in total. The Bertz CT molecular complexity index is 228. The molecule has 5 heteroatoms. The minimum Gasteiger partial charge on any atom is -0.453 e. The Labute approximate surface area is 76.6 Å². The van der Waals surface area contributed by atoms with Crippen molar-refractivity contribution < 1.29 is 14.3 Å². The summed E-state index contributed by atoms with van der Waals surface area (Å²) in [6, 6.07) is 2.09. The van der Waals surface area contributed by atoms with Crippen molar-refractivity contribution in [3.63, 3.8) is 0 Å². The van der Waals surface area contributed by atoms with Gasteiger partial charge in [0.1, 0.15) is 5.54 Å². The first-order valence-corrected chi connectivity index (χ1v) is 4.07. The lowest BCUT2D eigenvalue weighted by Gasteiger charge is -2.30. The second kappa shape index (κ2) is 4.10. The fraction of sp³-hybridized carbons (Fsp3) is 0.750. The van der Waals surface area contributed by atoms with Gasteiger partial charge in [-0.15, -0.1) is 0 Å². The van der Waals surface area contributed by atoms with Crippen LogP contribution in [0.2, 0.25) is 0 Å². The first-order chi connectivity index (χ1) is 6.22. The van der Waals surface area contributed by atoms with Crippen LogP contribution in [0, 0.1) is 11.3 Å². The van der Waals surface area contributed by atoms with Crippen LogP contribution in [0.1, 0.15) is 12.8 Å². The van der Waals surface area contributed by atoms with Crippen LogP contribution in [0.3, 0.4) is 0 Å². The Balaban J connectivity index is 2.59. The molecule has 1 heterocycles. The zero-order chi connectivity index (χ0) is 9.73. The molecule has 1 fully saturated rings. The predicted molar refractivity (Wildman–Crippen MR) is 43.9 cm³/mol. The molecule has 0 atom stereocenters. The van der Waals surface area contributed by atoms with E-state index in [1.807, 2.05) is 0 Å². The topological polar surface area (TPSA) is 71.3 Å². The Hall–Kier alpha value is -1.28. The van der Waals surface area contributed by atoms with Crippen molar-refractivity contribution in [2.45, 2.75) is 18.4 Å². The highest BCUT2D eigenvalue weighted by Gasteiger charge is 2.34. The number of hydrogen-bond acceptors (Lipinski definition) is 4. The number of nitrogens with one attached hydrogen (secondary N) is 1. The van der Waals surface area contributed by atoms with E-state index in [2.05, 4.69) is 16.1 Å². The summed E-state index contributed by atoms with van der Waals surface area (Å²) in [7, 11) is 1.28. The maximum Gasteiger partial charge on any atom is 0.408 e. The van der Waals surface area contributed by atoms with E-state index in [1.54, 1.807) is 0 Å². The third-order valence-corrected chi connectivity index (χ3v) is 2.09. The summed E-state index contributed by atoms with van der Waals surface area (Å²) in [5.41, 5.74) is -0.800. The van der Waals surface area contributed by atoms with E-state index in [9.17, 15) is 4.79 Å². The highest BCUT2D eigenvalue weighted by Crippen LogP contribution is 2.19. The monoisotopic (exact) mass is 184 g/mol. The third kappa shape index (κ3) is 2.33. The molecule has 0 bridgehead atoms. The zero-order valence-electron chi connectivity index (χ0n) is 7.50. The van der Waals surface area contributed by atoms with Gasteiger partial charge in [0.15, 0.2) is 0 Å². The number of carbonyl (C=O) groups is 1. The minimum atomic E-state index is -0.800. The van der Waals surface area contributed by atoms with Gasteiger partial charge in [-0.2, -0.15) is 5.26 Å². The van der Waals surface area contributed by atoms with Crippen LogP contribution in [0.25, 0.3) is 0 Å². The zero-order valence-corrected chi connectivity index (χ0v) is 7.50.